The molecule has 0 aliphatic rings. The molecular weight excluding hydrogens is 274 g/mol. The molecule has 0 spiro atoms. The molecule has 1 heterocycles. The molecule has 5 heteroatoms. The Morgan fingerprint density at radius 1 is 1.05 bits per heavy atom. The van der Waals surface area contributed by atoms with Gasteiger partial charge in [0.05, 0.1) is 11.5 Å². The molecular formula is C15H17NO3S. The van der Waals surface area contributed by atoms with Crippen molar-refractivity contribution in [1.82, 2.24) is 4.98 Å². The summed E-state index contributed by atoms with van der Waals surface area (Å²) in [5, 5.41) is 0. The van der Waals surface area contributed by atoms with Crippen molar-refractivity contribution in [3.05, 3.63) is 59.9 Å². The molecule has 0 aliphatic carbocycles. The minimum Gasteiger partial charge on any atom is -0.266 e. The summed E-state index contributed by atoms with van der Waals surface area (Å²) in [7, 11) is -3.64. The number of aromatic nitrogens is 1. The first-order valence-electron chi connectivity index (χ1n) is 6.43. The zero-order chi connectivity index (χ0) is 14.4. The zero-order valence-electron chi connectivity index (χ0n) is 11.3. The number of benzene rings is 1. The van der Waals surface area contributed by atoms with Gasteiger partial charge in [0.2, 0.25) is 0 Å². The summed E-state index contributed by atoms with van der Waals surface area (Å²) >= 11 is 0. The summed E-state index contributed by atoms with van der Waals surface area (Å²) in [5.74, 6) is 0. The third-order valence-electron chi connectivity index (χ3n) is 2.91. The third kappa shape index (κ3) is 4.15. The molecule has 106 valence electrons. The van der Waals surface area contributed by atoms with Crippen molar-refractivity contribution in [3.8, 4) is 0 Å². The van der Waals surface area contributed by atoms with Gasteiger partial charge >= 0.3 is 0 Å². The zero-order valence-corrected chi connectivity index (χ0v) is 12.1. The van der Waals surface area contributed by atoms with E-state index in [1.807, 2.05) is 19.1 Å². The second kappa shape index (κ2) is 6.63. The highest BCUT2D eigenvalue weighted by molar-refractivity contribution is 7.86. The van der Waals surface area contributed by atoms with Crippen LogP contribution in [0.2, 0.25) is 0 Å². The van der Waals surface area contributed by atoms with E-state index in [0.29, 0.717) is 6.42 Å². The van der Waals surface area contributed by atoms with Gasteiger partial charge in [0.1, 0.15) is 0 Å². The Labute approximate surface area is 119 Å². The van der Waals surface area contributed by atoms with Gasteiger partial charge in [-0.3, -0.25) is 9.17 Å². The van der Waals surface area contributed by atoms with Crippen LogP contribution in [0.1, 0.15) is 17.5 Å². The van der Waals surface area contributed by atoms with Crippen molar-refractivity contribution in [2.75, 3.05) is 6.61 Å². The van der Waals surface area contributed by atoms with Gasteiger partial charge in [-0.2, -0.15) is 8.42 Å². The number of rotatable bonds is 6. The number of aryl methyl sites for hydroxylation is 2. The minimum absolute atomic E-state index is 0.179. The van der Waals surface area contributed by atoms with Crippen molar-refractivity contribution in [2.45, 2.75) is 24.7 Å². The lowest BCUT2D eigenvalue weighted by Crippen LogP contribution is -2.08. The number of hydrogen-bond donors (Lipinski definition) is 0. The summed E-state index contributed by atoms with van der Waals surface area (Å²) in [6.45, 7) is 2.09. The molecule has 0 N–H and O–H groups in total. The van der Waals surface area contributed by atoms with Gasteiger partial charge in [0.25, 0.3) is 10.1 Å². The first kappa shape index (κ1) is 14.7. The third-order valence-corrected chi connectivity index (χ3v) is 4.23. The number of hydrogen-bond acceptors (Lipinski definition) is 4. The molecule has 1 aromatic heterocycles. The maximum Gasteiger partial charge on any atom is 0.296 e. The summed E-state index contributed by atoms with van der Waals surface area (Å²) in [6, 6.07) is 10.5. The Kier molecular flexibility index (Phi) is 4.87. The van der Waals surface area contributed by atoms with E-state index in [0.717, 1.165) is 17.5 Å². The molecule has 0 saturated carbocycles. The first-order valence-corrected chi connectivity index (χ1v) is 7.84. The van der Waals surface area contributed by atoms with Gasteiger partial charge in [-0.05, 0) is 49.6 Å². The Balaban J connectivity index is 1.85. The van der Waals surface area contributed by atoms with Gasteiger partial charge in [0.15, 0.2) is 0 Å². The van der Waals surface area contributed by atoms with E-state index in [1.165, 1.54) is 0 Å². The molecule has 0 aliphatic heterocycles. The fourth-order valence-electron chi connectivity index (χ4n) is 1.77. The molecule has 0 radical (unpaired) electrons. The molecule has 0 unspecified atom stereocenters. The fourth-order valence-corrected chi connectivity index (χ4v) is 2.71. The smallest absolute Gasteiger partial charge is 0.266 e. The Hall–Kier alpha value is -1.72. The summed E-state index contributed by atoms with van der Waals surface area (Å²) in [5.41, 5.74) is 2.14. The molecule has 0 amide bonds. The van der Waals surface area contributed by atoms with E-state index < -0.39 is 10.1 Å². The van der Waals surface area contributed by atoms with Gasteiger partial charge in [-0.15, -0.1) is 0 Å². The van der Waals surface area contributed by atoms with Crippen molar-refractivity contribution in [1.29, 1.82) is 0 Å². The topological polar surface area (TPSA) is 56.3 Å². The van der Waals surface area contributed by atoms with Crippen LogP contribution in [0.5, 0.6) is 0 Å². The van der Waals surface area contributed by atoms with E-state index in [9.17, 15) is 8.42 Å². The fraction of sp³-hybridized carbons (Fsp3) is 0.267. The van der Waals surface area contributed by atoms with Gasteiger partial charge in [0, 0.05) is 12.4 Å². The van der Waals surface area contributed by atoms with Crippen LogP contribution in [0.15, 0.2) is 53.7 Å². The van der Waals surface area contributed by atoms with Crippen LogP contribution in [0.25, 0.3) is 0 Å². The molecule has 4 nitrogen and oxygen atoms in total. The van der Waals surface area contributed by atoms with Crippen LogP contribution >= 0.6 is 0 Å². The minimum atomic E-state index is -3.64. The summed E-state index contributed by atoms with van der Waals surface area (Å²) < 4.78 is 28.9. The summed E-state index contributed by atoms with van der Waals surface area (Å²) in [4.78, 5) is 4.13. The lowest BCUT2D eigenvalue weighted by Gasteiger charge is -2.06. The van der Waals surface area contributed by atoms with Crippen LogP contribution in [0.4, 0.5) is 0 Å². The average Bonchev–Trinajstić information content (AvgIpc) is 2.45. The average molecular weight is 291 g/mol. The van der Waals surface area contributed by atoms with Crippen molar-refractivity contribution in [2.24, 2.45) is 0 Å². The van der Waals surface area contributed by atoms with E-state index in [1.54, 1.807) is 36.7 Å². The van der Waals surface area contributed by atoms with Gasteiger partial charge in [-0.1, -0.05) is 17.7 Å². The second-order valence-electron chi connectivity index (χ2n) is 4.55. The first-order chi connectivity index (χ1) is 9.58. The van der Waals surface area contributed by atoms with E-state index >= 15 is 0 Å². The Morgan fingerprint density at radius 3 is 2.35 bits per heavy atom. The van der Waals surface area contributed by atoms with Gasteiger partial charge in [-0.25, -0.2) is 0 Å². The predicted octanol–water partition coefficient (Wildman–Crippen LogP) is 2.73. The molecule has 2 aromatic rings. The standard InChI is InChI=1S/C15H17NO3S/c1-13-4-6-15(7-5-13)20(17,18)19-12-2-3-14-8-10-16-11-9-14/h4-11H,2-3,12H2,1H3. The highest BCUT2D eigenvalue weighted by Crippen LogP contribution is 2.13. The van der Waals surface area contributed by atoms with E-state index in [4.69, 9.17) is 4.18 Å². The molecule has 2 rings (SSSR count). The monoisotopic (exact) mass is 291 g/mol. The van der Waals surface area contributed by atoms with Gasteiger partial charge < -0.3 is 0 Å². The van der Waals surface area contributed by atoms with Crippen LogP contribution in [-0.4, -0.2) is 20.0 Å². The maximum absolute atomic E-state index is 11.9. The van der Waals surface area contributed by atoms with Crippen molar-refractivity contribution < 1.29 is 12.6 Å². The molecule has 0 atom stereocenters. The second-order valence-corrected chi connectivity index (χ2v) is 6.16. The normalized spacial score (nSPS) is 11.4. The largest absolute Gasteiger partial charge is 0.296 e. The molecule has 0 fully saturated rings. The Bertz CT molecular complexity index is 637. The van der Waals surface area contributed by atoms with Crippen molar-refractivity contribution >= 4 is 10.1 Å². The van der Waals surface area contributed by atoms with Crippen LogP contribution in [0.3, 0.4) is 0 Å². The highest BCUT2D eigenvalue weighted by Gasteiger charge is 2.14. The molecule has 0 saturated heterocycles. The SMILES string of the molecule is Cc1ccc(S(=O)(=O)OCCCc2ccncc2)cc1. The van der Waals surface area contributed by atoms with Crippen LogP contribution in [0, 0.1) is 6.92 Å². The highest BCUT2D eigenvalue weighted by atomic mass is 32.2. The predicted molar refractivity (Wildman–Crippen MR) is 76.9 cm³/mol. The van der Waals surface area contributed by atoms with E-state index in [-0.39, 0.29) is 11.5 Å². The van der Waals surface area contributed by atoms with Crippen LogP contribution < -0.4 is 0 Å². The number of pyridine rings is 1. The van der Waals surface area contributed by atoms with Crippen LogP contribution in [-0.2, 0) is 20.7 Å². The lowest BCUT2D eigenvalue weighted by atomic mass is 10.1. The van der Waals surface area contributed by atoms with E-state index in [2.05, 4.69) is 4.98 Å². The Morgan fingerprint density at radius 2 is 1.70 bits per heavy atom. The molecule has 0 bridgehead atoms. The molecule has 20 heavy (non-hydrogen) atoms. The molecule has 1 aromatic carbocycles. The maximum atomic E-state index is 11.9. The van der Waals surface area contributed by atoms with Crippen molar-refractivity contribution in [3.63, 3.8) is 0 Å². The number of nitrogens with zero attached hydrogens (tertiary/aromatic N) is 1. The lowest BCUT2D eigenvalue weighted by molar-refractivity contribution is 0.312. The summed E-state index contributed by atoms with van der Waals surface area (Å²) in [6.07, 6.45) is 4.86. The quantitative estimate of drug-likeness (QED) is 0.606.